The molecule has 1 aromatic carbocycles. The van der Waals surface area contributed by atoms with Crippen LogP contribution in [0.3, 0.4) is 0 Å². The Labute approximate surface area is 203 Å². The van der Waals surface area contributed by atoms with E-state index in [0.717, 1.165) is 44.2 Å². The van der Waals surface area contributed by atoms with Crippen molar-refractivity contribution in [2.24, 2.45) is 11.7 Å². The average Bonchev–Trinajstić information content (AvgIpc) is 3.19. The van der Waals surface area contributed by atoms with Crippen LogP contribution in [0.4, 0.5) is 22.0 Å². The number of halogens is 2. The third-order valence-electron chi connectivity index (χ3n) is 7.16. The highest BCUT2D eigenvalue weighted by atomic mass is 35.5. The van der Waals surface area contributed by atoms with Crippen LogP contribution < -0.4 is 16.4 Å². The normalized spacial score (nSPS) is 22.6. The maximum atomic E-state index is 14.7. The van der Waals surface area contributed by atoms with E-state index in [2.05, 4.69) is 27.1 Å². The Balaban J connectivity index is 1.53. The molecule has 34 heavy (non-hydrogen) atoms. The van der Waals surface area contributed by atoms with Crippen LogP contribution in [0.1, 0.15) is 51.5 Å². The molecule has 0 radical (unpaired) electrons. The van der Waals surface area contributed by atoms with Gasteiger partial charge in [0.1, 0.15) is 5.52 Å². The zero-order chi connectivity index (χ0) is 23.7. The second-order valence-electron chi connectivity index (χ2n) is 9.64. The number of fused-ring (bicyclic) bond motifs is 1. The third kappa shape index (κ3) is 4.69. The lowest BCUT2D eigenvalue weighted by molar-refractivity contribution is 0.0656. The molecular weight excluding hydrogens is 457 g/mol. The van der Waals surface area contributed by atoms with E-state index in [-0.39, 0.29) is 22.3 Å². The van der Waals surface area contributed by atoms with Crippen molar-refractivity contribution in [3.05, 3.63) is 35.2 Å². The van der Waals surface area contributed by atoms with Gasteiger partial charge in [0.25, 0.3) is 0 Å². The summed E-state index contributed by atoms with van der Waals surface area (Å²) in [5.74, 6) is 1.13. The first kappa shape index (κ1) is 23.3. The number of imidazole rings is 1. The Hall–Kier alpha value is -2.49. The third-order valence-corrected chi connectivity index (χ3v) is 7.45. The Morgan fingerprint density at radius 1 is 1.21 bits per heavy atom. The molecule has 3 aromatic rings. The highest BCUT2D eigenvalue weighted by Crippen LogP contribution is 2.37. The van der Waals surface area contributed by atoms with Crippen LogP contribution in [0.2, 0.25) is 5.02 Å². The van der Waals surface area contributed by atoms with E-state index in [1.165, 1.54) is 6.07 Å². The molecule has 1 saturated heterocycles. The number of rotatable bonds is 6. The monoisotopic (exact) mass is 487 g/mol. The molecule has 2 fully saturated rings. The second kappa shape index (κ2) is 9.64. The minimum absolute atomic E-state index is 0.0621. The minimum atomic E-state index is -0.504. The predicted octanol–water partition coefficient (Wildman–Crippen LogP) is 5.03. The van der Waals surface area contributed by atoms with Crippen LogP contribution in [-0.2, 0) is 4.74 Å². The Bertz CT molecular complexity index is 1160. The van der Waals surface area contributed by atoms with E-state index in [1.807, 2.05) is 0 Å². The van der Waals surface area contributed by atoms with Gasteiger partial charge in [-0.05, 0) is 70.0 Å². The molecule has 182 valence electrons. The van der Waals surface area contributed by atoms with Crippen molar-refractivity contribution in [2.75, 3.05) is 30.4 Å². The van der Waals surface area contributed by atoms with Gasteiger partial charge in [0.05, 0.1) is 16.9 Å². The van der Waals surface area contributed by atoms with E-state index >= 15 is 0 Å². The van der Waals surface area contributed by atoms with Crippen molar-refractivity contribution in [1.82, 2.24) is 19.5 Å². The molecule has 1 aliphatic heterocycles. The van der Waals surface area contributed by atoms with Crippen molar-refractivity contribution in [2.45, 2.75) is 57.0 Å². The molecule has 0 unspecified atom stereocenters. The second-order valence-corrected chi connectivity index (χ2v) is 10.0. The molecular formula is C24H31ClFN7O. The standard InChI is InChI=1S/C24H31ClFN7O/c1-24(9-11-34-12-10-24)32-22-28-14-19-21(31-22)33(16-7-5-15(13-27)6-8-16)23(30-19)29-18-4-2-3-17(25)20(18)26/h2-4,14-16H,5-13,27H2,1H3,(H,29,30)(H,28,31,32). The van der Waals surface area contributed by atoms with E-state index in [4.69, 9.17) is 32.0 Å². The molecule has 2 aromatic heterocycles. The lowest BCUT2D eigenvalue weighted by atomic mass is 9.86. The molecule has 0 atom stereocenters. The Morgan fingerprint density at radius 3 is 2.71 bits per heavy atom. The van der Waals surface area contributed by atoms with Gasteiger partial charge in [-0.15, -0.1) is 0 Å². The quantitative estimate of drug-likeness (QED) is 0.448. The fraction of sp³-hybridized carbons (Fsp3) is 0.542. The van der Waals surface area contributed by atoms with Crippen molar-refractivity contribution < 1.29 is 9.13 Å². The molecule has 2 aliphatic rings. The number of ether oxygens (including phenoxy) is 1. The number of nitrogens with zero attached hydrogens (tertiary/aromatic N) is 4. The first-order valence-corrected chi connectivity index (χ1v) is 12.4. The van der Waals surface area contributed by atoms with Gasteiger partial charge in [0.2, 0.25) is 11.9 Å². The van der Waals surface area contributed by atoms with Crippen LogP contribution in [0.15, 0.2) is 24.4 Å². The van der Waals surface area contributed by atoms with E-state index in [1.54, 1.807) is 18.3 Å². The lowest BCUT2D eigenvalue weighted by Gasteiger charge is -2.34. The van der Waals surface area contributed by atoms with E-state index in [0.29, 0.717) is 43.1 Å². The zero-order valence-corrected chi connectivity index (χ0v) is 20.1. The summed E-state index contributed by atoms with van der Waals surface area (Å²) in [6.07, 6.45) is 7.51. The summed E-state index contributed by atoms with van der Waals surface area (Å²) < 4.78 is 22.3. The molecule has 1 saturated carbocycles. The van der Waals surface area contributed by atoms with Gasteiger partial charge in [-0.25, -0.2) is 14.4 Å². The van der Waals surface area contributed by atoms with Crippen LogP contribution in [0.5, 0.6) is 0 Å². The maximum absolute atomic E-state index is 14.7. The molecule has 8 nitrogen and oxygen atoms in total. The summed E-state index contributed by atoms with van der Waals surface area (Å²) in [4.78, 5) is 14.2. The van der Waals surface area contributed by atoms with Crippen LogP contribution in [-0.4, -0.2) is 44.8 Å². The van der Waals surface area contributed by atoms with Crippen molar-refractivity contribution in [3.63, 3.8) is 0 Å². The number of aromatic nitrogens is 4. The van der Waals surface area contributed by atoms with Crippen LogP contribution in [0, 0.1) is 11.7 Å². The molecule has 1 aliphatic carbocycles. The predicted molar refractivity (Wildman–Crippen MR) is 132 cm³/mol. The SMILES string of the molecule is CC1(Nc2ncc3nc(Nc4cccc(Cl)c4F)n(C4CCC(CN)CC4)c3n2)CCOCC1. The number of anilines is 3. The fourth-order valence-corrected chi connectivity index (χ4v) is 5.14. The fourth-order valence-electron chi connectivity index (χ4n) is 4.96. The number of benzene rings is 1. The van der Waals surface area contributed by atoms with Gasteiger partial charge in [-0.3, -0.25) is 4.57 Å². The summed E-state index contributed by atoms with van der Waals surface area (Å²) in [5.41, 5.74) is 7.46. The van der Waals surface area contributed by atoms with Crippen LogP contribution in [0.25, 0.3) is 11.2 Å². The van der Waals surface area contributed by atoms with Gasteiger partial charge in [-0.2, -0.15) is 4.98 Å². The number of nitrogens with one attached hydrogen (secondary N) is 2. The van der Waals surface area contributed by atoms with Gasteiger partial charge in [0, 0.05) is 24.8 Å². The van der Waals surface area contributed by atoms with Crippen LogP contribution >= 0.6 is 11.6 Å². The molecule has 10 heteroatoms. The molecule has 0 amide bonds. The highest BCUT2D eigenvalue weighted by molar-refractivity contribution is 6.31. The van der Waals surface area contributed by atoms with Crippen molar-refractivity contribution in [3.8, 4) is 0 Å². The topological polar surface area (TPSA) is 103 Å². The lowest BCUT2D eigenvalue weighted by Crippen LogP contribution is -2.41. The summed E-state index contributed by atoms with van der Waals surface area (Å²) in [5, 5.41) is 6.74. The average molecular weight is 488 g/mol. The largest absolute Gasteiger partial charge is 0.381 e. The summed E-state index contributed by atoms with van der Waals surface area (Å²) in [6.45, 7) is 4.30. The molecule has 3 heterocycles. The van der Waals surface area contributed by atoms with Crippen molar-refractivity contribution >= 4 is 40.3 Å². The van der Waals surface area contributed by atoms with E-state index in [9.17, 15) is 4.39 Å². The minimum Gasteiger partial charge on any atom is -0.381 e. The first-order chi connectivity index (χ1) is 16.5. The first-order valence-electron chi connectivity index (χ1n) is 12.0. The van der Waals surface area contributed by atoms with Crippen molar-refractivity contribution in [1.29, 1.82) is 0 Å². The number of nitrogens with two attached hydrogens (primary N) is 1. The molecule has 0 bridgehead atoms. The zero-order valence-electron chi connectivity index (χ0n) is 19.4. The summed E-state index contributed by atoms with van der Waals surface area (Å²) in [7, 11) is 0. The van der Waals surface area contributed by atoms with Gasteiger partial charge < -0.3 is 21.1 Å². The van der Waals surface area contributed by atoms with Gasteiger partial charge in [-0.1, -0.05) is 17.7 Å². The summed E-state index contributed by atoms with van der Waals surface area (Å²) in [6, 6.07) is 5.07. The smallest absolute Gasteiger partial charge is 0.225 e. The molecule has 5 rings (SSSR count). The van der Waals surface area contributed by atoms with Gasteiger partial charge >= 0.3 is 0 Å². The summed E-state index contributed by atoms with van der Waals surface area (Å²) >= 11 is 6.01. The maximum Gasteiger partial charge on any atom is 0.225 e. The number of hydrogen-bond donors (Lipinski definition) is 3. The highest BCUT2D eigenvalue weighted by Gasteiger charge is 2.30. The molecule has 0 spiro atoms. The van der Waals surface area contributed by atoms with E-state index < -0.39 is 5.82 Å². The Kier molecular flexibility index (Phi) is 6.59. The molecule has 4 N–H and O–H groups in total. The number of hydrogen-bond acceptors (Lipinski definition) is 7. The van der Waals surface area contributed by atoms with Gasteiger partial charge in [0.15, 0.2) is 11.5 Å². The Morgan fingerprint density at radius 2 is 1.97 bits per heavy atom.